The van der Waals surface area contributed by atoms with E-state index in [0.717, 1.165) is 11.1 Å². The molecule has 24 heavy (non-hydrogen) atoms. The second-order valence-corrected chi connectivity index (χ2v) is 5.26. The normalized spacial score (nSPS) is 10.2. The van der Waals surface area contributed by atoms with E-state index in [0.29, 0.717) is 22.6 Å². The van der Waals surface area contributed by atoms with E-state index in [4.69, 9.17) is 19.7 Å². The first-order valence-corrected chi connectivity index (χ1v) is 7.29. The summed E-state index contributed by atoms with van der Waals surface area (Å²) >= 11 is 0. The lowest BCUT2D eigenvalue weighted by atomic mass is 9.94. The third kappa shape index (κ3) is 4.04. The summed E-state index contributed by atoms with van der Waals surface area (Å²) in [7, 11) is 0. The maximum atomic E-state index is 10.8. The zero-order chi connectivity index (χ0) is 17.7. The van der Waals surface area contributed by atoms with Gasteiger partial charge in [-0.15, -0.1) is 0 Å². The standard InChI is InChI=1S/C18H18O6/c1-11-5-3-7-13(23-9-15(19)20)17(11)18-12(2)6-4-8-14(18)24-10-16(21)22/h3-8H,9-10H2,1-2H3,(H,19,20)(H,21,22). The summed E-state index contributed by atoms with van der Waals surface area (Å²) in [4.78, 5) is 21.6. The Labute approximate surface area is 139 Å². The van der Waals surface area contributed by atoms with Crippen LogP contribution in [0.5, 0.6) is 11.5 Å². The first-order valence-electron chi connectivity index (χ1n) is 7.29. The Kier molecular flexibility index (Phi) is 5.42. The maximum Gasteiger partial charge on any atom is 0.341 e. The first kappa shape index (κ1) is 17.3. The predicted molar refractivity (Wildman–Crippen MR) is 87.6 cm³/mol. The molecule has 0 fully saturated rings. The molecule has 2 aromatic carbocycles. The van der Waals surface area contributed by atoms with E-state index >= 15 is 0 Å². The highest BCUT2D eigenvalue weighted by Gasteiger charge is 2.18. The van der Waals surface area contributed by atoms with E-state index in [9.17, 15) is 9.59 Å². The molecule has 0 aromatic heterocycles. The summed E-state index contributed by atoms with van der Waals surface area (Å²) in [6, 6.07) is 10.6. The predicted octanol–water partition coefficient (Wildman–Crippen LogP) is 2.90. The van der Waals surface area contributed by atoms with Gasteiger partial charge < -0.3 is 19.7 Å². The fraction of sp³-hybridized carbons (Fsp3) is 0.222. The van der Waals surface area contributed by atoms with E-state index in [1.165, 1.54) is 0 Å². The number of hydrogen-bond donors (Lipinski definition) is 2. The number of aliphatic carboxylic acids is 2. The molecule has 0 saturated heterocycles. The summed E-state index contributed by atoms with van der Waals surface area (Å²) in [5.41, 5.74) is 3.12. The highest BCUT2D eigenvalue weighted by Crippen LogP contribution is 2.41. The summed E-state index contributed by atoms with van der Waals surface area (Å²) < 4.78 is 10.8. The van der Waals surface area contributed by atoms with Gasteiger partial charge in [0.25, 0.3) is 0 Å². The van der Waals surface area contributed by atoms with Gasteiger partial charge in [-0.05, 0) is 37.1 Å². The lowest BCUT2D eigenvalue weighted by Crippen LogP contribution is -2.12. The van der Waals surface area contributed by atoms with Crippen LogP contribution in [-0.4, -0.2) is 35.4 Å². The number of carbonyl (C=O) groups is 2. The summed E-state index contributed by atoms with van der Waals surface area (Å²) in [6.45, 7) is 2.81. The fourth-order valence-corrected chi connectivity index (χ4v) is 2.44. The molecule has 0 spiro atoms. The second-order valence-electron chi connectivity index (χ2n) is 5.26. The minimum atomic E-state index is -1.07. The van der Waals surface area contributed by atoms with Gasteiger partial charge in [0.05, 0.1) is 0 Å². The fourth-order valence-electron chi connectivity index (χ4n) is 2.44. The highest BCUT2D eigenvalue weighted by molar-refractivity contribution is 5.82. The topological polar surface area (TPSA) is 93.1 Å². The molecule has 0 aliphatic rings. The molecule has 0 heterocycles. The molecule has 6 nitrogen and oxygen atoms in total. The van der Waals surface area contributed by atoms with Crippen LogP contribution in [0.25, 0.3) is 11.1 Å². The molecule has 2 N–H and O–H groups in total. The molecule has 2 rings (SSSR count). The number of rotatable bonds is 7. The van der Waals surface area contributed by atoms with Crippen LogP contribution in [0.15, 0.2) is 36.4 Å². The number of ether oxygens (including phenoxy) is 2. The summed E-state index contributed by atoms with van der Waals surface area (Å²) in [5, 5.41) is 17.7. The summed E-state index contributed by atoms with van der Waals surface area (Å²) in [5.74, 6) is -1.33. The van der Waals surface area contributed by atoms with Gasteiger partial charge in [0.2, 0.25) is 0 Å². The highest BCUT2D eigenvalue weighted by atomic mass is 16.5. The van der Waals surface area contributed by atoms with E-state index in [1.54, 1.807) is 24.3 Å². The zero-order valence-electron chi connectivity index (χ0n) is 13.4. The van der Waals surface area contributed by atoms with Gasteiger partial charge in [0.1, 0.15) is 11.5 Å². The molecule has 6 heteroatoms. The Morgan fingerprint density at radius 2 is 1.17 bits per heavy atom. The summed E-state index contributed by atoms with van der Waals surface area (Å²) in [6.07, 6.45) is 0. The largest absolute Gasteiger partial charge is 0.481 e. The Morgan fingerprint density at radius 3 is 1.50 bits per heavy atom. The molecule has 0 amide bonds. The van der Waals surface area contributed by atoms with Crippen LogP contribution < -0.4 is 9.47 Å². The third-order valence-corrected chi connectivity index (χ3v) is 3.42. The van der Waals surface area contributed by atoms with Crippen molar-refractivity contribution in [3.8, 4) is 22.6 Å². The first-order chi connectivity index (χ1) is 11.4. The van der Waals surface area contributed by atoms with Crippen molar-refractivity contribution in [1.82, 2.24) is 0 Å². The van der Waals surface area contributed by atoms with Gasteiger partial charge >= 0.3 is 11.9 Å². The van der Waals surface area contributed by atoms with Gasteiger partial charge in [0.15, 0.2) is 13.2 Å². The van der Waals surface area contributed by atoms with E-state index < -0.39 is 25.2 Å². The van der Waals surface area contributed by atoms with Crippen LogP contribution in [0.1, 0.15) is 11.1 Å². The number of hydrogen-bond acceptors (Lipinski definition) is 4. The molecule has 0 saturated carbocycles. The minimum absolute atomic E-state index is 0.409. The van der Waals surface area contributed by atoms with Crippen molar-refractivity contribution in [2.45, 2.75) is 13.8 Å². The van der Waals surface area contributed by atoms with Gasteiger partial charge in [-0.1, -0.05) is 24.3 Å². The van der Waals surface area contributed by atoms with E-state index in [-0.39, 0.29) is 0 Å². The van der Waals surface area contributed by atoms with Gasteiger partial charge in [-0.2, -0.15) is 0 Å². The molecule has 0 atom stereocenters. The molecule has 0 radical (unpaired) electrons. The SMILES string of the molecule is Cc1cccc(OCC(=O)O)c1-c1c(C)cccc1OCC(=O)O. The number of aryl methyl sites for hydroxylation is 2. The van der Waals surface area contributed by atoms with Crippen LogP contribution >= 0.6 is 0 Å². The molecular formula is C18H18O6. The van der Waals surface area contributed by atoms with Crippen molar-refractivity contribution >= 4 is 11.9 Å². The third-order valence-electron chi connectivity index (χ3n) is 3.42. The van der Waals surface area contributed by atoms with Crippen LogP contribution in [0.4, 0.5) is 0 Å². The van der Waals surface area contributed by atoms with Gasteiger partial charge in [-0.25, -0.2) is 9.59 Å². The Balaban J connectivity index is 2.54. The van der Waals surface area contributed by atoms with Crippen LogP contribution in [0.3, 0.4) is 0 Å². The van der Waals surface area contributed by atoms with Crippen molar-refractivity contribution in [1.29, 1.82) is 0 Å². The van der Waals surface area contributed by atoms with Crippen LogP contribution in [0.2, 0.25) is 0 Å². The smallest absolute Gasteiger partial charge is 0.341 e. The molecule has 2 aromatic rings. The molecule has 0 aliphatic heterocycles. The number of carboxylic acid groups (broad SMARTS) is 2. The molecule has 0 unspecified atom stereocenters. The van der Waals surface area contributed by atoms with Crippen molar-refractivity contribution in [3.63, 3.8) is 0 Å². The van der Waals surface area contributed by atoms with Gasteiger partial charge in [-0.3, -0.25) is 0 Å². The average Bonchev–Trinajstić information content (AvgIpc) is 2.51. The minimum Gasteiger partial charge on any atom is -0.481 e. The quantitative estimate of drug-likeness (QED) is 0.811. The lowest BCUT2D eigenvalue weighted by Gasteiger charge is -2.18. The number of benzene rings is 2. The Morgan fingerprint density at radius 1 is 0.792 bits per heavy atom. The maximum absolute atomic E-state index is 10.8. The average molecular weight is 330 g/mol. The van der Waals surface area contributed by atoms with Crippen LogP contribution in [-0.2, 0) is 9.59 Å². The lowest BCUT2D eigenvalue weighted by molar-refractivity contribution is -0.140. The van der Waals surface area contributed by atoms with Crippen molar-refractivity contribution in [3.05, 3.63) is 47.5 Å². The van der Waals surface area contributed by atoms with E-state index in [2.05, 4.69) is 0 Å². The zero-order valence-corrected chi connectivity index (χ0v) is 13.4. The second kappa shape index (κ2) is 7.50. The molecular weight excluding hydrogens is 312 g/mol. The van der Waals surface area contributed by atoms with Crippen molar-refractivity contribution in [2.24, 2.45) is 0 Å². The Hall–Kier alpha value is -3.02. The molecule has 126 valence electrons. The Bertz CT molecular complexity index is 701. The van der Waals surface area contributed by atoms with E-state index in [1.807, 2.05) is 26.0 Å². The monoisotopic (exact) mass is 330 g/mol. The van der Waals surface area contributed by atoms with Crippen molar-refractivity contribution < 1.29 is 29.3 Å². The van der Waals surface area contributed by atoms with Gasteiger partial charge in [0, 0.05) is 11.1 Å². The van der Waals surface area contributed by atoms with Crippen LogP contribution in [0, 0.1) is 13.8 Å². The number of carboxylic acids is 2. The van der Waals surface area contributed by atoms with Crippen molar-refractivity contribution in [2.75, 3.05) is 13.2 Å². The molecule has 0 aliphatic carbocycles. The molecule has 0 bridgehead atoms.